The van der Waals surface area contributed by atoms with Crippen LogP contribution in [0.5, 0.6) is 0 Å². The van der Waals surface area contributed by atoms with Gasteiger partial charge in [-0.3, -0.25) is 9.59 Å². The molecular formula is C39H33NO4. The number of benzene rings is 5. The molecule has 5 nitrogen and oxygen atoms in total. The molecule has 0 aliphatic rings. The summed E-state index contributed by atoms with van der Waals surface area (Å²) in [4.78, 5) is 32.0. The number of nitrogens with one attached hydrogen (secondary N) is 1. The number of H-pyrrole nitrogens is 1. The molecule has 5 heteroatoms. The number of carbonyl (C=O) groups excluding carboxylic acids is 2. The molecule has 218 valence electrons. The Kier molecular flexibility index (Phi) is 8.65. The van der Waals surface area contributed by atoms with E-state index in [1.807, 2.05) is 146 Å². The third-order valence-corrected chi connectivity index (χ3v) is 7.81. The van der Waals surface area contributed by atoms with Crippen molar-refractivity contribution in [3.63, 3.8) is 0 Å². The fraction of sp³-hybridized carbons (Fsp3) is 0.128. The number of ether oxygens (including phenoxy) is 2. The lowest BCUT2D eigenvalue weighted by Gasteiger charge is -2.27. The second-order valence-corrected chi connectivity index (χ2v) is 10.9. The van der Waals surface area contributed by atoms with Gasteiger partial charge in [-0.2, -0.15) is 0 Å². The van der Waals surface area contributed by atoms with Crippen molar-refractivity contribution >= 4 is 22.8 Å². The highest BCUT2D eigenvalue weighted by molar-refractivity contribution is 6.00. The van der Waals surface area contributed by atoms with Crippen LogP contribution in [0.2, 0.25) is 0 Å². The first-order valence-corrected chi connectivity index (χ1v) is 14.7. The van der Waals surface area contributed by atoms with Crippen LogP contribution in [0.25, 0.3) is 22.2 Å². The van der Waals surface area contributed by atoms with Gasteiger partial charge in [-0.1, -0.05) is 139 Å². The molecule has 1 aromatic heterocycles. The fourth-order valence-corrected chi connectivity index (χ4v) is 5.71. The Morgan fingerprint density at radius 2 is 1.18 bits per heavy atom. The molecule has 0 bridgehead atoms. The normalized spacial score (nSPS) is 11.8. The summed E-state index contributed by atoms with van der Waals surface area (Å²) in [5.74, 6) is -3.25. The van der Waals surface area contributed by atoms with Crippen LogP contribution in [0.4, 0.5) is 0 Å². The van der Waals surface area contributed by atoms with Gasteiger partial charge in [0.2, 0.25) is 0 Å². The van der Waals surface area contributed by atoms with E-state index >= 15 is 0 Å². The van der Waals surface area contributed by atoms with E-state index in [0.29, 0.717) is 0 Å². The first-order valence-electron chi connectivity index (χ1n) is 14.7. The largest absolute Gasteiger partial charge is 0.460 e. The fourth-order valence-electron chi connectivity index (χ4n) is 5.71. The number of hydrogen-bond donors (Lipinski definition) is 1. The van der Waals surface area contributed by atoms with E-state index in [1.54, 1.807) is 0 Å². The Labute approximate surface area is 257 Å². The second-order valence-electron chi connectivity index (χ2n) is 10.9. The molecule has 6 aromatic rings. The average Bonchev–Trinajstić information content (AvgIpc) is 3.45. The van der Waals surface area contributed by atoms with E-state index in [0.717, 1.165) is 50.0 Å². The van der Waals surface area contributed by atoms with Gasteiger partial charge in [0.05, 0.1) is 5.69 Å². The number of aromatic nitrogens is 1. The van der Waals surface area contributed by atoms with E-state index in [-0.39, 0.29) is 13.2 Å². The van der Waals surface area contributed by atoms with Crippen molar-refractivity contribution in [2.45, 2.75) is 26.1 Å². The predicted octanol–water partition coefficient (Wildman–Crippen LogP) is 8.38. The highest BCUT2D eigenvalue weighted by atomic mass is 16.6. The van der Waals surface area contributed by atoms with Gasteiger partial charge in [0.1, 0.15) is 13.2 Å². The second kappa shape index (κ2) is 13.3. The van der Waals surface area contributed by atoms with E-state index in [1.165, 1.54) is 0 Å². The lowest BCUT2D eigenvalue weighted by Crippen LogP contribution is -2.34. The van der Waals surface area contributed by atoms with Crippen molar-refractivity contribution in [2.24, 2.45) is 5.92 Å². The van der Waals surface area contributed by atoms with Crippen molar-refractivity contribution in [2.75, 3.05) is 0 Å². The molecule has 5 aromatic carbocycles. The van der Waals surface area contributed by atoms with Crippen LogP contribution in [0.15, 0.2) is 140 Å². The highest BCUT2D eigenvalue weighted by Gasteiger charge is 2.42. The van der Waals surface area contributed by atoms with Crippen LogP contribution >= 0.6 is 0 Å². The van der Waals surface area contributed by atoms with Gasteiger partial charge in [-0.05, 0) is 40.8 Å². The third-order valence-electron chi connectivity index (χ3n) is 7.81. The van der Waals surface area contributed by atoms with Gasteiger partial charge in [-0.25, -0.2) is 0 Å². The lowest BCUT2D eigenvalue weighted by atomic mass is 9.78. The number of esters is 2. The van der Waals surface area contributed by atoms with E-state index in [2.05, 4.69) is 4.98 Å². The molecule has 0 amide bonds. The maximum absolute atomic E-state index is 14.2. The maximum atomic E-state index is 14.2. The Morgan fingerprint density at radius 1 is 0.636 bits per heavy atom. The first-order chi connectivity index (χ1) is 21.6. The Morgan fingerprint density at radius 3 is 1.77 bits per heavy atom. The van der Waals surface area contributed by atoms with Crippen LogP contribution in [0.1, 0.15) is 33.7 Å². The van der Waals surface area contributed by atoms with E-state index in [9.17, 15) is 9.59 Å². The standard InChI is InChI=1S/C39H33NO4/c1-27-14-13-21-31(24-27)34(35-32-22-11-12-23-33(32)40-37(35)30-19-9-4-10-20-30)36(38(41)43-25-28-15-5-2-6-16-28)39(42)44-26-29-17-7-3-8-18-29/h2-24,34,36,40H,25-26H2,1H3. The number of carbonyl (C=O) groups is 2. The molecule has 1 atom stereocenters. The third kappa shape index (κ3) is 6.32. The minimum absolute atomic E-state index is 0.0438. The zero-order valence-electron chi connectivity index (χ0n) is 24.5. The van der Waals surface area contributed by atoms with Crippen LogP contribution < -0.4 is 0 Å². The molecule has 0 radical (unpaired) electrons. The Hall–Kier alpha value is -5.42. The predicted molar refractivity (Wildman–Crippen MR) is 173 cm³/mol. The van der Waals surface area contributed by atoms with Gasteiger partial charge < -0.3 is 14.5 Å². The number of aromatic amines is 1. The topological polar surface area (TPSA) is 68.4 Å². The van der Waals surface area contributed by atoms with Gasteiger partial charge in [-0.15, -0.1) is 0 Å². The summed E-state index contributed by atoms with van der Waals surface area (Å²) in [5, 5.41) is 0.926. The number of para-hydroxylation sites is 1. The Bertz CT molecular complexity index is 1810. The minimum atomic E-state index is -1.27. The van der Waals surface area contributed by atoms with Crippen LogP contribution in [-0.2, 0) is 32.3 Å². The van der Waals surface area contributed by atoms with Crippen molar-refractivity contribution in [1.29, 1.82) is 0 Å². The van der Waals surface area contributed by atoms with E-state index in [4.69, 9.17) is 9.47 Å². The van der Waals surface area contributed by atoms with Gasteiger partial charge in [0.25, 0.3) is 0 Å². The van der Waals surface area contributed by atoms with Crippen LogP contribution in [0, 0.1) is 12.8 Å². The highest BCUT2D eigenvalue weighted by Crippen LogP contribution is 2.43. The quantitative estimate of drug-likeness (QED) is 0.131. The van der Waals surface area contributed by atoms with Gasteiger partial charge >= 0.3 is 11.9 Å². The van der Waals surface area contributed by atoms with Crippen molar-refractivity contribution < 1.29 is 19.1 Å². The zero-order valence-corrected chi connectivity index (χ0v) is 24.5. The number of hydrogen-bond acceptors (Lipinski definition) is 4. The van der Waals surface area contributed by atoms with Crippen molar-refractivity contribution in [1.82, 2.24) is 4.98 Å². The summed E-state index contributed by atoms with van der Waals surface area (Å²) in [6.45, 7) is 2.09. The smallest absolute Gasteiger partial charge is 0.321 e. The lowest BCUT2D eigenvalue weighted by molar-refractivity contribution is -0.164. The molecule has 0 saturated carbocycles. The number of fused-ring (bicyclic) bond motifs is 1. The Balaban J connectivity index is 1.51. The van der Waals surface area contributed by atoms with Gasteiger partial charge in [0.15, 0.2) is 5.92 Å². The molecule has 0 spiro atoms. The summed E-state index contributed by atoms with van der Waals surface area (Å²) in [7, 11) is 0. The number of rotatable bonds is 10. The first kappa shape index (κ1) is 28.7. The summed E-state index contributed by atoms with van der Waals surface area (Å²) < 4.78 is 11.8. The monoisotopic (exact) mass is 579 g/mol. The molecule has 44 heavy (non-hydrogen) atoms. The zero-order chi connectivity index (χ0) is 30.3. The van der Waals surface area contributed by atoms with Gasteiger partial charge in [0, 0.05) is 16.8 Å². The van der Waals surface area contributed by atoms with E-state index < -0.39 is 23.8 Å². The summed E-state index contributed by atoms with van der Waals surface area (Å²) in [5.41, 5.74) is 7.06. The summed E-state index contributed by atoms with van der Waals surface area (Å²) in [6, 6.07) is 44.9. The molecule has 0 fully saturated rings. The van der Waals surface area contributed by atoms with Crippen LogP contribution in [-0.4, -0.2) is 16.9 Å². The summed E-state index contributed by atoms with van der Waals surface area (Å²) in [6.07, 6.45) is 0. The molecule has 6 rings (SSSR count). The molecule has 0 saturated heterocycles. The number of aryl methyl sites for hydroxylation is 1. The SMILES string of the molecule is Cc1cccc(C(c2c(-c3ccccc3)[nH]c3ccccc23)C(C(=O)OCc2ccccc2)C(=O)OCc2ccccc2)c1. The minimum Gasteiger partial charge on any atom is -0.460 e. The maximum Gasteiger partial charge on any atom is 0.321 e. The summed E-state index contributed by atoms with van der Waals surface area (Å²) >= 11 is 0. The molecule has 0 aliphatic carbocycles. The molecule has 1 heterocycles. The van der Waals surface area contributed by atoms with Crippen LogP contribution in [0.3, 0.4) is 0 Å². The molecular weight excluding hydrogens is 546 g/mol. The molecule has 1 unspecified atom stereocenters. The molecule has 1 N–H and O–H groups in total. The average molecular weight is 580 g/mol. The van der Waals surface area contributed by atoms with Crippen molar-refractivity contribution in [3.05, 3.63) is 167 Å². The molecule has 0 aliphatic heterocycles. The van der Waals surface area contributed by atoms with Crippen molar-refractivity contribution in [3.8, 4) is 11.3 Å².